The molecule has 1 aliphatic rings. The Bertz CT molecular complexity index is 355. The van der Waals surface area contributed by atoms with Gasteiger partial charge in [0.2, 0.25) is 0 Å². The summed E-state index contributed by atoms with van der Waals surface area (Å²) >= 11 is 1.88. The molecule has 0 amide bonds. The van der Waals surface area contributed by atoms with Crippen LogP contribution in [0.2, 0.25) is 0 Å². The third kappa shape index (κ3) is 4.87. The van der Waals surface area contributed by atoms with Gasteiger partial charge in [-0.3, -0.25) is 0 Å². The predicted molar refractivity (Wildman–Crippen MR) is 89.6 cm³/mol. The highest BCUT2D eigenvalue weighted by atomic mass is 32.1. The van der Waals surface area contributed by atoms with E-state index < -0.39 is 0 Å². The first-order valence-electron chi connectivity index (χ1n) is 8.16. The fourth-order valence-electron chi connectivity index (χ4n) is 3.49. The normalized spacial score (nSPS) is 18.6. The van der Waals surface area contributed by atoms with E-state index in [0.717, 1.165) is 6.54 Å². The Kier molecular flexibility index (Phi) is 6.53. The van der Waals surface area contributed by atoms with Crippen molar-refractivity contribution in [1.29, 1.82) is 0 Å². The van der Waals surface area contributed by atoms with Crippen LogP contribution in [0.4, 0.5) is 0 Å². The van der Waals surface area contributed by atoms with Crippen LogP contribution in [0.5, 0.6) is 0 Å². The van der Waals surface area contributed by atoms with Gasteiger partial charge >= 0.3 is 0 Å². The molecule has 0 atom stereocenters. The summed E-state index contributed by atoms with van der Waals surface area (Å²) in [6.07, 6.45) is 8.29. The van der Waals surface area contributed by atoms with Crippen molar-refractivity contribution in [2.24, 2.45) is 5.41 Å². The lowest BCUT2D eigenvalue weighted by Crippen LogP contribution is -2.44. The molecule has 0 saturated heterocycles. The van der Waals surface area contributed by atoms with Gasteiger partial charge in [0.15, 0.2) is 0 Å². The first-order chi connectivity index (χ1) is 9.74. The lowest BCUT2D eigenvalue weighted by Gasteiger charge is -2.40. The van der Waals surface area contributed by atoms with E-state index in [1.165, 1.54) is 63.0 Å². The molecule has 2 nitrogen and oxygen atoms in total. The minimum Gasteiger partial charge on any atom is -0.316 e. The van der Waals surface area contributed by atoms with Gasteiger partial charge in [0.1, 0.15) is 0 Å². The topological polar surface area (TPSA) is 15.3 Å². The third-order valence-corrected chi connectivity index (χ3v) is 5.53. The van der Waals surface area contributed by atoms with Gasteiger partial charge in [-0.05, 0) is 49.7 Å². The minimum atomic E-state index is 0.526. The standard InChI is InChI=1S/C17H30N2S/c1-3-18-14-17(10-5-4-6-11-17)15-19(2)12-9-16-8-7-13-20-16/h7-8,13,18H,3-6,9-12,14-15H2,1-2H3. The van der Waals surface area contributed by atoms with E-state index in [4.69, 9.17) is 0 Å². The Morgan fingerprint density at radius 1 is 1.30 bits per heavy atom. The van der Waals surface area contributed by atoms with E-state index in [0.29, 0.717) is 5.41 Å². The first kappa shape index (κ1) is 16.0. The van der Waals surface area contributed by atoms with Gasteiger partial charge in [0, 0.05) is 24.5 Å². The summed E-state index contributed by atoms with van der Waals surface area (Å²) in [7, 11) is 2.30. The molecule has 1 aromatic rings. The van der Waals surface area contributed by atoms with E-state index in [-0.39, 0.29) is 0 Å². The highest BCUT2D eigenvalue weighted by molar-refractivity contribution is 7.09. The van der Waals surface area contributed by atoms with Crippen LogP contribution in [0.1, 0.15) is 43.9 Å². The van der Waals surface area contributed by atoms with Crippen LogP contribution >= 0.6 is 11.3 Å². The zero-order valence-corrected chi connectivity index (χ0v) is 14.0. The molecule has 1 heterocycles. The number of likely N-dealkylation sites (N-methyl/N-ethyl adjacent to an activating group) is 1. The molecule has 1 aromatic heterocycles. The van der Waals surface area contributed by atoms with Gasteiger partial charge in [0.05, 0.1) is 0 Å². The van der Waals surface area contributed by atoms with E-state index in [9.17, 15) is 0 Å². The lowest BCUT2D eigenvalue weighted by molar-refractivity contribution is 0.119. The van der Waals surface area contributed by atoms with Crippen molar-refractivity contribution < 1.29 is 0 Å². The highest BCUT2D eigenvalue weighted by Crippen LogP contribution is 2.36. The molecule has 20 heavy (non-hydrogen) atoms. The average Bonchev–Trinajstić information content (AvgIpc) is 2.97. The Labute approximate surface area is 128 Å². The molecule has 1 fully saturated rings. The maximum absolute atomic E-state index is 3.61. The van der Waals surface area contributed by atoms with Crippen LogP contribution < -0.4 is 5.32 Å². The maximum Gasteiger partial charge on any atom is 0.00579 e. The molecule has 0 aromatic carbocycles. The predicted octanol–water partition coefficient (Wildman–Crippen LogP) is 3.78. The highest BCUT2D eigenvalue weighted by Gasteiger charge is 2.32. The molecule has 0 radical (unpaired) electrons. The zero-order chi connectivity index (χ0) is 14.3. The Morgan fingerprint density at radius 3 is 2.75 bits per heavy atom. The molecular weight excluding hydrogens is 264 g/mol. The summed E-state index contributed by atoms with van der Waals surface area (Å²) < 4.78 is 0. The van der Waals surface area contributed by atoms with Crippen LogP contribution in [0.3, 0.4) is 0 Å². The van der Waals surface area contributed by atoms with Crippen LogP contribution in [0.15, 0.2) is 17.5 Å². The van der Waals surface area contributed by atoms with Gasteiger partial charge in [-0.1, -0.05) is 32.3 Å². The molecular formula is C17H30N2S. The van der Waals surface area contributed by atoms with Gasteiger partial charge in [-0.25, -0.2) is 0 Å². The second-order valence-corrected chi connectivity index (χ2v) is 7.44. The van der Waals surface area contributed by atoms with Crippen LogP contribution in [-0.2, 0) is 6.42 Å². The summed E-state index contributed by atoms with van der Waals surface area (Å²) in [5.41, 5.74) is 0.526. The number of nitrogens with one attached hydrogen (secondary N) is 1. The van der Waals surface area contributed by atoms with E-state index in [1.807, 2.05) is 11.3 Å². The van der Waals surface area contributed by atoms with Gasteiger partial charge < -0.3 is 10.2 Å². The Hall–Kier alpha value is -0.380. The fraction of sp³-hybridized carbons (Fsp3) is 0.765. The fourth-order valence-corrected chi connectivity index (χ4v) is 4.19. The van der Waals surface area contributed by atoms with Crippen molar-refractivity contribution in [2.45, 2.75) is 45.4 Å². The molecule has 3 heteroatoms. The quantitative estimate of drug-likeness (QED) is 0.785. The monoisotopic (exact) mass is 294 g/mol. The van der Waals surface area contributed by atoms with Gasteiger partial charge in [-0.2, -0.15) is 0 Å². The molecule has 0 unspecified atom stereocenters. The van der Waals surface area contributed by atoms with Crippen LogP contribution in [0, 0.1) is 5.41 Å². The van der Waals surface area contributed by atoms with Crippen molar-refractivity contribution in [1.82, 2.24) is 10.2 Å². The number of nitrogens with zero attached hydrogens (tertiary/aromatic N) is 1. The number of thiophene rings is 1. The summed E-state index contributed by atoms with van der Waals surface area (Å²) in [4.78, 5) is 4.07. The maximum atomic E-state index is 3.61. The molecule has 1 aliphatic carbocycles. The molecule has 2 rings (SSSR count). The zero-order valence-electron chi connectivity index (χ0n) is 13.2. The number of rotatable bonds is 8. The Morgan fingerprint density at radius 2 is 2.10 bits per heavy atom. The van der Waals surface area contributed by atoms with Crippen molar-refractivity contribution in [3.63, 3.8) is 0 Å². The van der Waals surface area contributed by atoms with Gasteiger partial charge in [-0.15, -0.1) is 11.3 Å². The molecule has 1 N–H and O–H groups in total. The smallest absolute Gasteiger partial charge is 0.00579 e. The summed E-state index contributed by atoms with van der Waals surface area (Å²) in [6, 6.07) is 4.42. The molecule has 0 aliphatic heterocycles. The molecule has 0 spiro atoms. The van der Waals surface area contributed by atoms with Crippen molar-refractivity contribution >= 4 is 11.3 Å². The largest absolute Gasteiger partial charge is 0.316 e. The Balaban J connectivity index is 1.82. The van der Waals surface area contributed by atoms with Crippen LogP contribution in [0.25, 0.3) is 0 Å². The second kappa shape index (κ2) is 8.16. The lowest BCUT2D eigenvalue weighted by atomic mass is 9.73. The van der Waals surface area contributed by atoms with E-state index >= 15 is 0 Å². The SMILES string of the molecule is CCNCC1(CN(C)CCc2cccs2)CCCCC1. The number of hydrogen-bond donors (Lipinski definition) is 1. The molecule has 0 bridgehead atoms. The van der Waals surface area contributed by atoms with Gasteiger partial charge in [0.25, 0.3) is 0 Å². The number of hydrogen-bond acceptors (Lipinski definition) is 3. The van der Waals surface area contributed by atoms with E-state index in [2.05, 4.69) is 41.7 Å². The minimum absolute atomic E-state index is 0.526. The summed E-state index contributed by atoms with van der Waals surface area (Å²) in [6.45, 7) is 6.96. The van der Waals surface area contributed by atoms with Crippen molar-refractivity contribution in [3.05, 3.63) is 22.4 Å². The van der Waals surface area contributed by atoms with Crippen molar-refractivity contribution in [3.8, 4) is 0 Å². The van der Waals surface area contributed by atoms with Crippen molar-refractivity contribution in [2.75, 3.05) is 33.2 Å². The summed E-state index contributed by atoms with van der Waals surface area (Å²) in [5.74, 6) is 0. The average molecular weight is 295 g/mol. The second-order valence-electron chi connectivity index (χ2n) is 6.41. The summed E-state index contributed by atoms with van der Waals surface area (Å²) in [5, 5.41) is 5.79. The van der Waals surface area contributed by atoms with E-state index in [1.54, 1.807) is 0 Å². The molecule has 114 valence electrons. The molecule has 1 saturated carbocycles. The first-order valence-corrected chi connectivity index (χ1v) is 9.04. The third-order valence-electron chi connectivity index (χ3n) is 4.59. The van der Waals surface area contributed by atoms with Crippen LogP contribution in [-0.4, -0.2) is 38.1 Å².